The fraction of sp³-hybridized carbons (Fsp3) is 0.316. The lowest BCUT2D eigenvalue weighted by molar-refractivity contribution is -0.736. The first-order chi connectivity index (χ1) is 13.7. The maximum atomic E-state index is 13.4. The third-order valence-electron chi connectivity index (χ3n) is 3.46. The molecule has 0 amide bonds. The predicted octanol–water partition coefficient (Wildman–Crippen LogP) is 4.15. The molecule has 2 unspecified atom stereocenters. The first-order valence-electron chi connectivity index (χ1n) is 8.86. The molecule has 2 aromatic rings. The van der Waals surface area contributed by atoms with Crippen LogP contribution in [0.2, 0.25) is 0 Å². The molecule has 0 bridgehead atoms. The lowest BCUT2D eigenvalue weighted by atomic mass is 10.3. The van der Waals surface area contributed by atoms with Crippen LogP contribution in [0.1, 0.15) is 20.8 Å². The quantitative estimate of drug-likeness (QED) is 0.345. The molecule has 10 heteroatoms. The summed E-state index contributed by atoms with van der Waals surface area (Å²) in [6, 6.07) is 13.1. The number of hydrogen-bond donors (Lipinski definition) is 1. The number of nitrogens with one attached hydrogen (secondary N) is 1. The average Bonchev–Trinajstić information content (AvgIpc) is 2.67. The molecule has 0 saturated carbocycles. The van der Waals surface area contributed by atoms with E-state index in [-0.39, 0.29) is 23.3 Å². The van der Waals surface area contributed by atoms with Crippen LogP contribution in [0.15, 0.2) is 54.6 Å². The zero-order valence-corrected chi connectivity index (χ0v) is 17.5. The van der Waals surface area contributed by atoms with Gasteiger partial charge < -0.3 is 13.8 Å². The fourth-order valence-electron chi connectivity index (χ4n) is 2.19. The summed E-state index contributed by atoms with van der Waals surface area (Å²) < 4.78 is 29.6. The maximum absolute atomic E-state index is 13.4. The van der Waals surface area contributed by atoms with E-state index in [4.69, 9.17) is 13.8 Å². The summed E-state index contributed by atoms with van der Waals surface area (Å²) in [6.07, 6.45) is -0.328. The molecule has 0 aliphatic rings. The van der Waals surface area contributed by atoms with E-state index in [1.807, 2.05) is 0 Å². The van der Waals surface area contributed by atoms with Crippen molar-refractivity contribution in [3.8, 4) is 11.5 Å². The van der Waals surface area contributed by atoms with Crippen molar-refractivity contribution in [3.63, 3.8) is 0 Å². The number of hydrogen-bond acceptors (Lipinski definition) is 7. The minimum absolute atomic E-state index is 0.162. The number of para-hydroxylation sites is 1. The van der Waals surface area contributed by atoms with Gasteiger partial charge in [-0.05, 0) is 45.0 Å². The predicted molar refractivity (Wildman–Crippen MR) is 106 cm³/mol. The van der Waals surface area contributed by atoms with E-state index in [1.165, 1.54) is 38.3 Å². The van der Waals surface area contributed by atoms with Gasteiger partial charge in [0.15, 0.2) is 7.11 Å². The highest BCUT2D eigenvalue weighted by Gasteiger charge is 2.34. The Morgan fingerprint density at radius 3 is 2.03 bits per heavy atom. The smallest absolute Gasteiger partial charge is 0.462 e. The molecule has 0 aliphatic heterocycles. The number of benzene rings is 2. The van der Waals surface area contributed by atoms with E-state index < -0.39 is 19.8 Å². The molecule has 2 aromatic carbocycles. The molecule has 29 heavy (non-hydrogen) atoms. The van der Waals surface area contributed by atoms with Gasteiger partial charge in [0.05, 0.1) is 11.0 Å². The minimum atomic E-state index is -4.04. The summed E-state index contributed by atoms with van der Waals surface area (Å²) >= 11 is 0. The van der Waals surface area contributed by atoms with Crippen molar-refractivity contribution in [1.29, 1.82) is 0 Å². The van der Waals surface area contributed by atoms with Crippen molar-refractivity contribution < 1.29 is 32.9 Å². The first kappa shape index (κ1) is 22.4. The van der Waals surface area contributed by atoms with Gasteiger partial charge in [-0.2, -0.15) is 5.09 Å². The van der Waals surface area contributed by atoms with Crippen molar-refractivity contribution in [3.05, 3.63) is 59.5 Å². The van der Waals surface area contributed by atoms with E-state index in [1.54, 1.807) is 44.2 Å². The third-order valence-corrected chi connectivity index (χ3v) is 5.07. The Morgan fingerprint density at radius 2 is 1.52 bits per heavy atom. The van der Waals surface area contributed by atoms with Crippen LogP contribution in [0.3, 0.4) is 0 Å². The van der Waals surface area contributed by atoms with Crippen LogP contribution in [0.25, 0.3) is 0 Å². The van der Waals surface area contributed by atoms with E-state index >= 15 is 0 Å². The SMILES string of the molecule is CO[N+](=O)c1ccc(OP(=O)(NC(C)C(=O)OC(C)C)Oc2ccccc2)cc1. The second-order valence-electron chi connectivity index (χ2n) is 6.26. The van der Waals surface area contributed by atoms with E-state index in [0.717, 1.165) is 0 Å². The Morgan fingerprint density at radius 1 is 0.966 bits per heavy atom. The standard InChI is InChI=1S/C19H24N2O7P/c1-14(2)26-19(22)15(3)20-29(24,27-17-8-6-5-7-9-17)28-18-12-10-16(11-13-18)21(23)25-4/h5-15H,1-4H3,(H,20,24)/q+1. The molecule has 0 heterocycles. The van der Waals surface area contributed by atoms with Crippen molar-refractivity contribution in [2.45, 2.75) is 32.9 Å². The van der Waals surface area contributed by atoms with Crippen LogP contribution >= 0.6 is 7.75 Å². The van der Waals surface area contributed by atoms with Gasteiger partial charge in [-0.3, -0.25) is 4.79 Å². The highest BCUT2D eigenvalue weighted by molar-refractivity contribution is 7.52. The maximum Gasteiger partial charge on any atom is 0.513 e. The Labute approximate surface area is 169 Å². The fourth-order valence-corrected chi connectivity index (χ4v) is 3.71. The van der Waals surface area contributed by atoms with Crippen molar-refractivity contribution in [1.82, 2.24) is 5.09 Å². The number of esters is 1. The lowest BCUT2D eigenvalue weighted by Crippen LogP contribution is -2.36. The Kier molecular flexibility index (Phi) is 7.75. The Balaban J connectivity index is 2.23. The largest absolute Gasteiger partial charge is 0.513 e. The van der Waals surface area contributed by atoms with Crippen LogP contribution in [0, 0.1) is 4.91 Å². The second-order valence-corrected chi connectivity index (χ2v) is 7.88. The summed E-state index contributed by atoms with van der Waals surface area (Å²) in [7, 11) is -2.80. The second kappa shape index (κ2) is 10.0. The Hall–Kier alpha value is -2.90. The molecule has 0 radical (unpaired) electrons. The van der Waals surface area contributed by atoms with Gasteiger partial charge in [0.2, 0.25) is 0 Å². The van der Waals surface area contributed by atoms with Gasteiger partial charge in [0.1, 0.15) is 17.5 Å². The molecule has 0 aliphatic carbocycles. The van der Waals surface area contributed by atoms with Crippen molar-refractivity contribution in [2.75, 3.05) is 7.11 Å². The normalized spacial score (nSPS) is 13.8. The molecular formula is C19H24N2O7P+. The van der Waals surface area contributed by atoms with Crippen LogP contribution in [-0.2, 0) is 18.9 Å². The number of carbonyl (C=O) groups is 1. The van der Waals surface area contributed by atoms with Crippen LogP contribution in [0.4, 0.5) is 5.69 Å². The zero-order chi connectivity index (χ0) is 21.4. The molecule has 2 rings (SSSR count). The van der Waals surface area contributed by atoms with Gasteiger partial charge in [-0.15, -0.1) is 0 Å². The Bertz CT molecular complexity index is 872. The zero-order valence-electron chi connectivity index (χ0n) is 16.6. The highest BCUT2D eigenvalue weighted by Crippen LogP contribution is 2.45. The number of ether oxygens (including phenoxy) is 1. The molecular weight excluding hydrogens is 399 g/mol. The van der Waals surface area contributed by atoms with Crippen molar-refractivity contribution in [2.24, 2.45) is 0 Å². The van der Waals surface area contributed by atoms with Gasteiger partial charge in [-0.1, -0.05) is 18.2 Å². The number of nitrogens with zero attached hydrogens (tertiary/aromatic N) is 1. The van der Waals surface area contributed by atoms with Crippen LogP contribution < -0.4 is 14.1 Å². The average molecular weight is 423 g/mol. The number of carbonyl (C=O) groups excluding carboxylic acids is 1. The molecule has 156 valence electrons. The van der Waals surface area contributed by atoms with Crippen LogP contribution in [-0.4, -0.2) is 30.1 Å². The lowest BCUT2D eigenvalue weighted by Gasteiger charge is -2.23. The molecule has 0 spiro atoms. The summed E-state index contributed by atoms with van der Waals surface area (Å²) in [5.41, 5.74) is 0.223. The van der Waals surface area contributed by atoms with Gasteiger partial charge in [0, 0.05) is 12.1 Å². The molecule has 0 fully saturated rings. The number of rotatable bonds is 10. The van der Waals surface area contributed by atoms with Crippen molar-refractivity contribution >= 4 is 19.4 Å². The van der Waals surface area contributed by atoms with Crippen LogP contribution in [0.5, 0.6) is 11.5 Å². The molecule has 1 N–H and O–H groups in total. The molecule has 9 nitrogen and oxygen atoms in total. The summed E-state index contributed by atoms with van der Waals surface area (Å²) in [4.78, 5) is 28.5. The molecule has 0 saturated heterocycles. The van der Waals surface area contributed by atoms with E-state index in [2.05, 4.69) is 9.92 Å². The third kappa shape index (κ3) is 6.89. The first-order valence-corrected chi connectivity index (χ1v) is 10.4. The van der Waals surface area contributed by atoms with Gasteiger partial charge >= 0.3 is 19.4 Å². The van der Waals surface area contributed by atoms with E-state index in [9.17, 15) is 14.3 Å². The molecule has 2 atom stereocenters. The monoisotopic (exact) mass is 423 g/mol. The van der Waals surface area contributed by atoms with Gasteiger partial charge in [-0.25, -0.2) is 9.40 Å². The topological polar surface area (TPSA) is 103 Å². The van der Waals surface area contributed by atoms with Gasteiger partial charge in [0.25, 0.3) is 4.92 Å². The highest BCUT2D eigenvalue weighted by atomic mass is 31.2. The summed E-state index contributed by atoms with van der Waals surface area (Å²) in [5.74, 6) is -0.151. The summed E-state index contributed by atoms with van der Waals surface area (Å²) in [5, 5.41) is 2.58. The molecule has 0 aromatic heterocycles. The van der Waals surface area contributed by atoms with E-state index in [0.29, 0.717) is 4.92 Å². The minimum Gasteiger partial charge on any atom is -0.462 e. The summed E-state index contributed by atoms with van der Waals surface area (Å²) in [6.45, 7) is 4.91.